The SMILES string of the molecule is CCN(CC)CC(=O)Nc1ccc(NC(=O)C(c2ccccc2)c2ccccc2)cc1C. The second kappa shape index (κ2) is 11.3. The molecule has 5 heteroatoms. The number of nitrogens with one attached hydrogen (secondary N) is 2. The highest BCUT2D eigenvalue weighted by molar-refractivity contribution is 5.99. The molecule has 0 atom stereocenters. The van der Waals surface area contributed by atoms with Crippen LogP contribution in [0.25, 0.3) is 0 Å². The molecule has 0 heterocycles. The highest BCUT2D eigenvalue weighted by atomic mass is 16.2. The standard InChI is InChI=1S/C27H31N3O2/c1-4-30(5-2)19-25(31)29-24-17-16-23(18-20(24)3)28-27(32)26(21-12-8-6-9-13-21)22-14-10-7-11-15-22/h6-18,26H,4-5,19H2,1-3H3,(H,28,32)(H,29,31). The van der Waals surface area contributed by atoms with E-state index in [9.17, 15) is 9.59 Å². The number of nitrogens with zero attached hydrogens (tertiary/aromatic N) is 1. The topological polar surface area (TPSA) is 61.4 Å². The third kappa shape index (κ3) is 6.05. The van der Waals surface area contributed by atoms with Crippen LogP contribution in [-0.2, 0) is 9.59 Å². The van der Waals surface area contributed by atoms with Crippen LogP contribution in [0.3, 0.4) is 0 Å². The van der Waals surface area contributed by atoms with E-state index in [2.05, 4.69) is 15.5 Å². The fourth-order valence-electron chi connectivity index (χ4n) is 3.72. The highest BCUT2D eigenvalue weighted by Gasteiger charge is 2.22. The molecule has 166 valence electrons. The minimum absolute atomic E-state index is 0.0400. The number of hydrogen-bond donors (Lipinski definition) is 2. The molecule has 0 aliphatic rings. The fourth-order valence-corrected chi connectivity index (χ4v) is 3.72. The molecule has 0 saturated heterocycles. The van der Waals surface area contributed by atoms with Crippen molar-refractivity contribution >= 4 is 23.2 Å². The van der Waals surface area contributed by atoms with Crippen molar-refractivity contribution in [2.24, 2.45) is 0 Å². The van der Waals surface area contributed by atoms with Gasteiger partial charge in [0.2, 0.25) is 11.8 Å². The Morgan fingerprint density at radius 2 is 1.38 bits per heavy atom. The molecule has 32 heavy (non-hydrogen) atoms. The van der Waals surface area contributed by atoms with Crippen LogP contribution in [0.2, 0.25) is 0 Å². The van der Waals surface area contributed by atoms with E-state index in [1.807, 2.05) is 99.6 Å². The molecule has 0 aliphatic heterocycles. The molecule has 3 rings (SSSR count). The quantitative estimate of drug-likeness (QED) is 0.501. The first-order valence-electron chi connectivity index (χ1n) is 11.1. The minimum Gasteiger partial charge on any atom is -0.325 e. The third-order valence-electron chi connectivity index (χ3n) is 5.56. The Kier molecular flexibility index (Phi) is 8.17. The summed E-state index contributed by atoms with van der Waals surface area (Å²) in [5.41, 5.74) is 4.22. The van der Waals surface area contributed by atoms with Crippen LogP contribution in [0.4, 0.5) is 11.4 Å². The van der Waals surface area contributed by atoms with Gasteiger partial charge in [0.05, 0.1) is 12.5 Å². The molecule has 0 radical (unpaired) electrons. The number of anilines is 2. The van der Waals surface area contributed by atoms with Gasteiger partial charge in [0.15, 0.2) is 0 Å². The lowest BCUT2D eigenvalue weighted by Gasteiger charge is -2.19. The van der Waals surface area contributed by atoms with Crippen molar-refractivity contribution in [2.45, 2.75) is 26.7 Å². The van der Waals surface area contributed by atoms with E-state index in [0.717, 1.165) is 35.5 Å². The Morgan fingerprint density at radius 3 is 1.88 bits per heavy atom. The molecule has 3 aromatic rings. The summed E-state index contributed by atoms with van der Waals surface area (Å²) in [6.07, 6.45) is 0. The van der Waals surface area contributed by atoms with Crippen LogP contribution >= 0.6 is 0 Å². The molecule has 0 saturated carbocycles. The third-order valence-corrected chi connectivity index (χ3v) is 5.56. The highest BCUT2D eigenvalue weighted by Crippen LogP contribution is 2.27. The first-order valence-corrected chi connectivity index (χ1v) is 11.1. The van der Waals surface area contributed by atoms with Gasteiger partial charge in [-0.15, -0.1) is 0 Å². The van der Waals surface area contributed by atoms with Gasteiger partial charge in [-0.1, -0.05) is 74.5 Å². The number of benzene rings is 3. The summed E-state index contributed by atoms with van der Waals surface area (Å²) in [5.74, 6) is -0.548. The minimum atomic E-state index is -0.411. The van der Waals surface area contributed by atoms with Gasteiger partial charge in [0.25, 0.3) is 0 Å². The molecular weight excluding hydrogens is 398 g/mol. The van der Waals surface area contributed by atoms with Gasteiger partial charge in [0.1, 0.15) is 0 Å². The van der Waals surface area contributed by atoms with Crippen molar-refractivity contribution < 1.29 is 9.59 Å². The molecule has 2 N–H and O–H groups in total. The fraction of sp³-hybridized carbons (Fsp3) is 0.259. The molecule has 3 aromatic carbocycles. The summed E-state index contributed by atoms with van der Waals surface area (Å²) < 4.78 is 0. The lowest BCUT2D eigenvalue weighted by Crippen LogP contribution is -2.33. The molecule has 0 fully saturated rings. The Morgan fingerprint density at radius 1 is 0.812 bits per heavy atom. The smallest absolute Gasteiger partial charge is 0.238 e. The van der Waals surface area contributed by atoms with E-state index in [1.165, 1.54) is 0 Å². The summed E-state index contributed by atoms with van der Waals surface area (Å²) in [7, 11) is 0. The van der Waals surface area contributed by atoms with E-state index in [4.69, 9.17) is 0 Å². The first-order chi connectivity index (χ1) is 15.5. The maximum absolute atomic E-state index is 13.3. The summed E-state index contributed by atoms with van der Waals surface area (Å²) in [6, 6.07) is 25.1. The van der Waals surface area contributed by atoms with Gasteiger partial charge in [0, 0.05) is 11.4 Å². The summed E-state index contributed by atoms with van der Waals surface area (Å²) in [5, 5.41) is 6.02. The molecule has 0 aromatic heterocycles. The Labute approximate surface area is 190 Å². The van der Waals surface area contributed by atoms with Crippen LogP contribution in [-0.4, -0.2) is 36.3 Å². The second-order valence-electron chi connectivity index (χ2n) is 7.78. The molecular formula is C27H31N3O2. The summed E-state index contributed by atoms with van der Waals surface area (Å²) in [6.45, 7) is 8.03. The van der Waals surface area contributed by atoms with E-state index in [1.54, 1.807) is 0 Å². The zero-order chi connectivity index (χ0) is 22.9. The molecule has 0 bridgehead atoms. The Hall–Kier alpha value is -3.44. The largest absolute Gasteiger partial charge is 0.325 e. The van der Waals surface area contributed by atoms with Crippen molar-refractivity contribution in [1.82, 2.24) is 4.90 Å². The van der Waals surface area contributed by atoms with Crippen molar-refractivity contribution in [1.29, 1.82) is 0 Å². The Bertz CT molecular complexity index is 992. The number of rotatable bonds is 9. The van der Waals surface area contributed by atoms with Gasteiger partial charge in [-0.25, -0.2) is 0 Å². The van der Waals surface area contributed by atoms with E-state index in [0.29, 0.717) is 12.2 Å². The predicted molar refractivity (Wildman–Crippen MR) is 131 cm³/mol. The zero-order valence-corrected chi connectivity index (χ0v) is 19.0. The number of carbonyl (C=O) groups excluding carboxylic acids is 2. The van der Waals surface area contributed by atoms with Gasteiger partial charge < -0.3 is 10.6 Å². The predicted octanol–water partition coefficient (Wildman–Crippen LogP) is 5.05. The summed E-state index contributed by atoms with van der Waals surface area (Å²) >= 11 is 0. The maximum atomic E-state index is 13.3. The molecule has 0 aliphatic carbocycles. The average Bonchev–Trinajstić information content (AvgIpc) is 2.81. The number of amides is 2. The van der Waals surface area contributed by atoms with Crippen LogP contribution in [0.5, 0.6) is 0 Å². The summed E-state index contributed by atoms with van der Waals surface area (Å²) in [4.78, 5) is 27.7. The van der Waals surface area contributed by atoms with E-state index in [-0.39, 0.29) is 11.8 Å². The van der Waals surface area contributed by atoms with Gasteiger partial charge in [-0.05, 0) is 54.9 Å². The van der Waals surface area contributed by atoms with Crippen molar-refractivity contribution in [2.75, 3.05) is 30.3 Å². The van der Waals surface area contributed by atoms with Crippen molar-refractivity contribution in [3.05, 3.63) is 95.6 Å². The molecule has 0 unspecified atom stereocenters. The van der Waals surface area contributed by atoms with Crippen molar-refractivity contribution in [3.63, 3.8) is 0 Å². The van der Waals surface area contributed by atoms with Crippen LogP contribution in [0.1, 0.15) is 36.5 Å². The zero-order valence-electron chi connectivity index (χ0n) is 19.0. The first kappa shape index (κ1) is 23.2. The number of hydrogen-bond acceptors (Lipinski definition) is 3. The lowest BCUT2D eigenvalue weighted by atomic mass is 9.90. The van der Waals surface area contributed by atoms with Gasteiger partial charge >= 0.3 is 0 Å². The van der Waals surface area contributed by atoms with Gasteiger partial charge in [-0.2, -0.15) is 0 Å². The van der Waals surface area contributed by atoms with Crippen LogP contribution < -0.4 is 10.6 Å². The van der Waals surface area contributed by atoms with Crippen LogP contribution in [0.15, 0.2) is 78.9 Å². The normalized spacial score (nSPS) is 10.9. The number of aryl methyl sites for hydroxylation is 1. The Balaban J connectivity index is 1.75. The monoisotopic (exact) mass is 429 g/mol. The molecule has 2 amide bonds. The molecule has 5 nitrogen and oxygen atoms in total. The van der Waals surface area contributed by atoms with E-state index >= 15 is 0 Å². The maximum Gasteiger partial charge on any atom is 0.238 e. The molecule has 0 spiro atoms. The number of carbonyl (C=O) groups is 2. The second-order valence-corrected chi connectivity index (χ2v) is 7.78. The average molecular weight is 430 g/mol. The van der Waals surface area contributed by atoms with Crippen LogP contribution in [0, 0.1) is 6.92 Å². The number of likely N-dealkylation sites (N-methyl/N-ethyl adjacent to an activating group) is 1. The van der Waals surface area contributed by atoms with E-state index < -0.39 is 5.92 Å². The van der Waals surface area contributed by atoms with Crippen molar-refractivity contribution in [3.8, 4) is 0 Å². The van der Waals surface area contributed by atoms with Gasteiger partial charge in [-0.3, -0.25) is 14.5 Å². The lowest BCUT2D eigenvalue weighted by molar-refractivity contribution is -0.117.